The molecule has 0 radical (unpaired) electrons. The summed E-state index contributed by atoms with van der Waals surface area (Å²) in [4.78, 5) is 17.4. The van der Waals surface area contributed by atoms with E-state index in [4.69, 9.17) is 0 Å². The van der Waals surface area contributed by atoms with Crippen LogP contribution >= 0.6 is 24.8 Å². The van der Waals surface area contributed by atoms with Gasteiger partial charge in [-0.05, 0) is 31.9 Å². The lowest BCUT2D eigenvalue weighted by Gasteiger charge is -2.40. The lowest BCUT2D eigenvalue weighted by Crippen LogP contribution is -2.57. The van der Waals surface area contributed by atoms with Crippen molar-refractivity contribution >= 4 is 30.7 Å². The van der Waals surface area contributed by atoms with E-state index in [-0.39, 0.29) is 30.9 Å². The first-order chi connectivity index (χ1) is 10.7. The Kier molecular flexibility index (Phi) is 9.06. The van der Waals surface area contributed by atoms with E-state index >= 15 is 0 Å². The van der Waals surface area contributed by atoms with Crippen molar-refractivity contribution < 1.29 is 4.79 Å². The molecule has 4 nitrogen and oxygen atoms in total. The maximum atomic E-state index is 13.0. The van der Waals surface area contributed by atoms with Crippen LogP contribution in [-0.4, -0.2) is 54.0 Å². The highest BCUT2D eigenvalue weighted by molar-refractivity contribution is 5.85. The van der Waals surface area contributed by atoms with E-state index in [9.17, 15) is 4.79 Å². The zero-order valence-electron chi connectivity index (χ0n) is 14.3. The molecular weight excluding hydrogens is 345 g/mol. The molecule has 24 heavy (non-hydrogen) atoms. The summed E-state index contributed by atoms with van der Waals surface area (Å²) in [7, 11) is 0. The van der Waals surface area contributed by atoms with Gasteiger partial charge in [0.05, 0.1) is 6.04 Å². The number of likely N-dealkylation sites (tertiary alicyclic amines) is 1. The van der Waals surface area contributed by atoms with Crippen LogP contribution in [0.4, 0.5) is 0 Å². The van der Waals surface area contributed by atoms with Gasteiger partial charge in [0.1, 0.15) is 0 Å². The van der Waals surface area contributed by atoms with Crippen molar-refractivity contribution in [1.29, 1.82) is 0 Å². The minimum absolute atomic E-state index is 0. The van der Waals surface area contributed by atoms with Crippen molar-refractivity contribution in [3.05, 3.63) is 35.9 Å². The molecule has 6 heteroatoms. The lowest BCUT2D eigenvalue weighted by atomic mass is 9.99. The van der Waals surface area contributed by atoms with Crippen molar-refractivity contribution in [3.8, 4) is 0 Å². The smallest absolute Gasteiger partial charge is 0.240 e. The molecule has 0 aliphatic carbocycles. The highest BCUT2D eigenvalue weighted by atomic mass is 35.5. The molecule has 3 rings (SSSR count). The van der Waals surface area contributed by atoms with Gasteiger partial charge in [-0.15, -0.1) is 24.8 Å². The number of nitrogens with one attached hydrogen (secondary N) is 1. The molecule has 1 N–H and O–H groups in total. The Morgan fingerprint density at radius 2 is 1.92 bits per heavy atom. The van der Waals surface area contributed by atoms with Crippen molar-refractivity contribution in [1.82, 2.24) is 15.1 Å². The van der Waals surface area contributed by atoms with Gasteiger partial charge in [-0.25, -0.2) is 0 Å². The van der Waals surface area contributed by atoms with E-state index in [1.54, 1.807) is 0 Å². The third-order valence-corrected chi connectivity index (χ3v) is 4.81. The first kappa shape index (κ1) is 21.2. The quantitative estimate of drug-likeness (QED) is 0.884. The summed E-state index contributed by atoms with van der Waals surface area (Å²) in [5.41, 5.74) is 1.30. The summed E-state index contributed by atoms with van der Waals surface area (Å²) in [6.07, 6.45) is 3.38. The molecular formula is C18H29Cl2N3O. The Labute approximate surface area is 157 Å². The molecule has 1 aromatic carbocycles. The Morgan fingerprint density at radius 3 is 2.62 bits per heavy atom. The molecule has 0 aromatic heterocycles. The standard InChI is InChI=1S/C18H27N3O.2ClH/c1-15-13-21(12-10-19-15)18(22)17-9-5-6-11-20(17)14-16-7-3-2-4-8-16;;/h2-4,7-8,15,17,19H,5-6,9-14H2,1H3;2*1H. The number of carbonyl (C=O) groups is 1. The van der Waals surface area contributed by atoms with E-state index < -0.39 is 0 Å². The second kappa shape index (κ2) is 10.2. The molecule has 2 aliphatic rings. The number of piperidine rings is 1. The Bertz CT molecular complexity index is 500. The van der Waals surface area contributed by atoms with Gasteiger partial charge in [0.2, 0.25) is 5.91 Å². The van der Waals surface area contributed by atoms with Crippen LogP contribution < -0.4 is 5.32 Å². The summed E-state index contributed by atoms with van der Waals surface area (Å²) in [5, 5.41) is 3.41. The van der Waals surface area contributed by atoms with Crippen LogP contribution in [0.25, 0.3) is 0 Å². The zero-order valence-corrected chi connectivity index (χ0v) is 16.0. The van der Waals surface area contributed by atoms with Crippen LogP contribution in [0.3, 0.4) is 0 Å². The van der Waals surface area contributed by atoms with Crippen molar-refractivity contribution in [2.75, 3.05) is 26.2 Å². The number of carbonyl (C=O) groups excluding carboxylic acids is 1. The van der Waals surface area contributed by atoms with Crippen molar-refractivity contribution in [3.63, 3.8) is 0 Å². The molecule has 1 amide bonds. The minimum Gasteiger partial charge on any atom is -0.339 e. The number of rotatable bonds is 3. The van der Waals surface area contributed by atoms with Crippen LogP contribution in [0.15, 0.2) is 30.3 Å². The molecule has 2 heterocycles. The first-order valence-corrected chi connectivity index (χ1v) is 8.54. The molecule has 0 saturated carbocycles. The van der Waals surface area contributed by atoms with E-state index in [0.29, 0.717) is 11.9 Å². The SMILES string of the molecule is CC1CN(C(=O)C2CCCCN2Cc2ccccc2)CCN1.Cl.Cl. The predicted molar refractivity (Wildman–Crippen MR) is 103 cm³/mol. The average molecular weight is 374 g/mol. The fourth-order valence-electron chi connectivity index (χ4n) is 3.62. The maximum Gasteiger partial charge on any atom is 0.240 e. The molecule has 2 unspecified atom stereocenters. The van der Waals surface area contributed by atoms with Crippen molar-refractivity contribution in [2.24, 2.45) is 0 Å². The van der Waals surface area contributed by atoms with E-state index in [1.165, 1.54) is 18.4 Å². The number of benzene rings is 1. The van der Waals surface area contributed by atoms with Crippen LogP contribution in [0.1, 0.15) is 31.7 Å². The van der Waals surface area contributed by atoms with Gasteiger partial charge in [-0.1, -0.05) is 36.8 Å². The highest BCUT2D eigenvalue weighted by Crippen LogP contribution is 2.22. The Hall–Kier alpha value is -0.810. The zero-order chi connectivity index (χ0) is 15.4. The van der Waals surface area contributed by atoms with Gasteiger partial charge in [0, 0.05) is 32.2 Å². The third-order valence-electron chi connectivity index (χ3n) is 4.81. The van der Waals surface area contributed by atoms with Gasteiger partial charge >= 0.3 is 0 Å². The number of hydrogen-bond donors (Lipinski definition) is 1. The Balaban J connectivity index is 0.00000144. The van der Waals surface area contributed by atoms with Gasteiger partial charge in [-0.3, -0.25) is 9.69 Å². The average Bonchev–Trinajstić information content (AvgIpc) is 2.56. The van der Waals surface area contributed by atoms with E-state index in [1.807, 2.05) is 6.07 Å². The summed E-state index contributed by atoms with van der Waals surface area (Å²) in [6.45, 7) is 6.68. The molecule has 2 aliphatic heterocycles. The topological polar surface area (TPSA) is 35.6 Å². The molecule has 0 spiro atoms. The molecule has 0 bridgehead atoms. The van der Waals surface area contributed by atoms with Gasteiger partial charge < -0.3 is 10.2 Å². The van der Waals surface area contributed by atoms with Crippen LogP contribution in [0.2, 0.25) is 0 Å². The van der Waals surface area contributed by atoms with Gasteiger partial charge in [0.15, 0.2) is 0 Å². The fraction of sp³-hybridized carbons (Fsp3) is 0.611. The summed E-state index contributed by atoms with van der Waals surface area (Å²) in [5.74, 6) is 0.337. The number of hydrogen-bond acceptors (Lipinski definition) is 3. The van der Waals surface area contributed by atoms with Crippen LogP contribution in [0.5, 0.6) is 0 Å². The molecule has 2 fully saturated rings. The maximum absolute atomic E-state index is 13.0. The van der Waals surface area contributed by atoms with Crippen LogP contribution in [-0.2, 0) is 11.3 Å². The normalized spacial score (nSPS) is 24.6. The third kappa shape index (κ3) is 5.35. The minimum atomic E-state index is 0. The monoisotopic (exact) mass is 373 g/mol. The number of amides is 1. The number of piperazine rings is 1. The van der Waals surface area contributed by atoms with Crippen LogP contribution in [0, 0.1) is 0 Å². The molecule has 136 valence electrons. The lowest BCUT2D eigenvalue weighted by molar-refractivity contribution is -0.139. The van der Waals surface area contributed by atoms with Gasteiger partial charge in [0.25, 0.3) is 0 Å². The second-order valence-corrected chi connectivity index (χ2v) is 6.61. The fourth-order valence-corrected chi connectivity index (χ4v) is 3.62. The summed E-state index contributed by atoms with van der Waals surface area (Å²) >= 11 is 0. The second-order valence-electron chi connectivity index (χ2n) is 6.61. The molecule has 1 aromatic rings. The number of halogens is 2. The first-order valence-electron chi connectivity index (χ1n) is 8.54. The van der Waals surface area contributed by atoms with Crippen molar-refractivity contribution in [2.45, 2.75) is 44.8 Å². The highest BCUT2D eigenvalue weighted by Gasteiger charge is 2.33. The Morgan fingerprint density at radius 1 is 1.17 bits per heavy atom. The summed E-state index contributed by atoms with van der Waals surface area (Å²) in [6, 6.07) is 11.0. The predicted octanol–water partition coefficient (Wildman–Crippen LogP) is 2.71. The largest absolute Gasteiger partial charge is 0.339 e. The summed E-state index contributed by atoms with van der Waals surface area (Å²) < 4.78 is 0. The molecule has 2 atom stereocenters. The van der Waals surface area contributed by atoms with E-state index in [0.717, 1.165) is 39.1 Å². The van der Waals surface area contributed by atoms with E-state index in [2.05, 4.69) is 46.3 Å². The number of nitrogens with zero attached hydrogens (tertiary/aromatic N) is 2. The molecule has 2 saturated heterocycles. The van der Waals surface area contributed by atoms with Gasteiger partial charge in [-0.2, -0.15) is 0 Å².